The Morgan fingerprint density at radius 3 is 2.59 bits per heavy atom. The first-order chi connectivity index (χ1) is 10.2. The van der Waals surface area contributed by atoms with Crippen LogP contribution in [0, 0.1) is 0 Å². The molecule has 0 saturated heterocycles. The average Bonchev–Trinajstić information content (AvgIpc) is 2.89. The summed E-state index contributed by atoms with van der Waals surface area (Å²) in [5.74, 6) is -5.29. The Bertz CT molecular complexity index is 528. The van der Waals surface area contributed by atoms with Gasteiger partial charge in [-0.3, -0.25) is 0 Å². The lowest BCUT2D eigenvalue weighted by atomic mass is 10.2. The molecule has 0 spiro atoms. The number of carbonyl (C=O) groups is 1. The minimum absolute atomic E-state index is 0.00879. The highest BCUT2D eigenvalue weighted by molar-refractivity contribution is 7.08. The summed E-state index contributed by atoms with van der Waals surface area (Å²) in [5.41, 5.74) is 0. The van der Waals surface area contributed by atoms with Crippen molar-refractivity contribution in [2.75, 3.05) is 13.2 Å². The van der Waals surface area contributed by atoms with Crippen molar-refractivity contribution in [3.05, 3.63) is 10.8 Å². The predicted molar refractivity (Wildman–Crippen MR) is 65.4 cm³/mol. The van der Waals surface area contributed by atoms with Gasteiger partial charge in [0.2, 0.25) is 0 Å². The molecule has 4 nitrogen and oxygen atoms in total. The van der Waals surface area contributed by atoms with Gasteiger partial charge in [-0.25, -0.2) is 4.79 Å². The summed E-state index contributed by atoms with van der Waals surface area (Å²) in [4.78, 5) is 11.2. The van der Waals surface area contributed by atoms with E-state index in [1.54, 1.807) is 10.8 Å². The van der Waals surface area contributed by atoms with E-state index in [1.165, 1.54) is 11.3 Å². The first-order valence-electron chi connectivity index (χ1n) is 6.15. The van der Waals surface area contributed by atoms with Gasteiger partial charge in [0.1, 0.15) is 13.2 Å². The lowest BCUT2D eigenvalue weighted by Gasteiger charge is -2.25. The van der Waals surface area contributed by atoms with E-state index in [4.69, 9.17) is 9.47 Å². The van der Waals surface area contributed by atoms with Crippen LogP contribution < -0.4 is 9.47 Å². The van der Waals surface area contributed by atoms with Crippen molar-refractivity contribution < 1.29 is 41.0 Å². The van der Waals surface area contributed by atoms with Gasteiger partial charge in [0.05, 0.1) is 0 Å². The summed E-state index contributed by atoms with van der Waals surface area (Å²) >= 11 is 1.31. The molecule has 2 heterocycles. The fourth-order valence-corrected chi connectivity index (χ4v) is 2.29. The van der Waals surface area contributed by atoms with Crippen LogP contribution in [0.5, 0.6) is 11.5 Å². The van der Waals surface area contributed by atoms with E-state index in [0.717, 1.165) is 0 Å². The molecule has 0 bridgehead atoms. The minimum atomic E-state index is -4.76. The third-order valence-corrected chi connectivity index (χ3v) is 3.43. The Morgan fingerprint density at radius 2 is 1.91 bits per heavy atom. The standard InChI is InChI=1S/C12H11F5O4S/c13-11(14,1-2-12(15,16)17)10(18)20-4-7-3-19-8-5-22-6-9(8)21-7/h5-7H,1-4H2. The molecule has 0 fully saturated rings. The molecule has 1 atom stereocenters. The number of hydrogen-bond donors (Lipinski definition) is 0. The van der Waals surface area contributed by atoms with Gasteiger partial charge in [0.25, 0.3) is 0 Å². The van der Waals surface area contributed by atoms with Crippen molar-refractivity contribution in [3.63, 3.8) is 0 Å². The second-order valence-electron chi connectivity index (χ2n) is 4.57. The largest absolute Gasteiger partial charge is 0.485 e. The van der Waals surface area contributed by atoms with Crippen LogP contribution in [0.1, 0.15) is 12.8 Å². The average molecular weight is 346 g/mol. The number of fused-ring (bicyclic) bond motifs is 1. The van der Waals surface area contributed by atoms with Gasteiger partial charge in [0, 0.05) is 23.6 Å². The molecule has 0 aromatic carbocycles. The van der Waals surface area contributed by atoms with E-state index < -0.39 is 43.6 Å². The van der Waals surface area contributed by atoms with Gasteiger partial charge in [-0.1, -0.05) is 0 Å². The van der Waals surface area contributed by atoms with Crippen LogP contribution in [-0.2, 0) is 9.53 Å². The number of carbonyl (C=O) groups excluding carboxylic acids is 1. The fraction of sp³-hybridized carbons (Fsp3) is 0.583. The predicted octanol–water partition coefficient (Wildman–Crippen LogP) is 3.41. The first kappa shape index (κ1) is 16.8. The van der Waals surface area contributed by atoms with Crippen LogP contribution in [0.3, 0.4) is 0 Å². The number of alkyl halides is 5. The quantitative estimate of drug-likeness (QED) is 0.605. The second-order valence-corrected chi connectivity index (χ2v) is 5.31. The Balaban J connectivity index is 1.80. The maximum absolute atomic E-state index is 13.2. The molecule has 2 rings (SSSR count). The maximum Gasteiger partial charge on any atom is 0.389 e. The molecule has 1 aromatic heterocycles. The molecule has 0 radical (unpaired) electrons. The summed E-state index contributed by atoms with van der Waals surface area (Å²) in [6.07, 6.45) is -8.97. The Morgan fingerprint density at radius 1 is 1.23 bits per heavy atom. The molecular formula is C12H11F5O4S. The number of halogens is 5. The Hall–Kier alpha value is -1.58. The summed E-state index contributed by atoms with van der Waals surface area (Å²) in [5, 5.41) is 3.31. The Kier molecular flexibility index (Phi) is 4.78. The zero-order valence-corrected chi connectivity index (χ0v) is 11.8. The monoisotopic (exact) mass is 346 g/mol. The number of esters is 1. The zero-order valence-electron chi connectivity index (χ0n) is 11.0. The van der Waals surface area contributed by atoms with E-state index in [0.29, 0.717) is 11.5 Å². The van der Waals surface area contributed by atoms with Crippen LogP contribution in [0.2, 0.25) is 0 Å². The molecule has 1 aromatic rings. The van der Waals surface area contributed by atoms with Gasteiger partial charge < -0.3 is 14.2 Å². The highest BCUT2D eigenvalue weighted by atomic mass is 32.1. The number of ether oxygens (including phenoxy) is 3. The summed E-state index contributed by atoms with van der Waals surface area (Å²) in [6.45, 7) is -0.541. The van der Waals surface area contributed by atoms with E-state index in [2.05, 4.69) is 4.74 Å². The van der Waals surface area contributed by atoms with Crippen LogP contribution in [0.15, 0.2) is 10.8 Å². The Labute approximate surface area is 125 Å². The van der Waals surface area contributed by atoms with E-state index in [9.17, 15) is 26.7 Å². The molecular weight excluding hydrogens is 335 g/mol. The van der Waals surface area contributed by atoms with E-state index >= 15 is 0 Å². The van der Waals surface area contributed by atoms with Crippen molar-refractivity contribution in [1.29, 1.82) is 0 Å². The van der Waals surface area contributed by atoms with Gasteiger partial charge in [-0.05, 0) is 0 Å². The normalized spacial score (nSPS) is 18.1. The summed E-state index contributed by atoms with van der Waals surface area (Å²) in [7, 11) is 0. The molecule has 0 aliphatic carbocycles. The van der Waals surface area contributed by atoms with Crippen LogP contribution >= 0.6 is 11.3 Å². The fourth-order valence-electron chi connectivity index (χ4n) is 1.62. The number of rotatable bonds is 5. The summed E-state index contributed by atoms with van der Waals surface area (Å²) in [6, 6.07) is 0. The highest BCUT2D eigenvalue weighted by Crippen LogP contribution is 2.35. The van der Waals surface area contributed by atoms with E-state index in [-0.39, 0.29) is 6.61 Å². The van der Waals surface area contributed by atoms with Gasteiger partial charge >= 0.3 is 18.1 Å². The highest BCUT2D eigenvalue weighted by Gasteiger charge is 2.44. The first-order valence-corrected chi connectivity index (χ1v) is 7.09. The molecule has 124 valence electrons. The molecule has 0 amide bonds. The maximum atomic E-state index is 13.2. The molecule has 10 heteroatoms. The molecule has 1 aliphatic rings. The molecule has 1 aliphatic heterocycles. The van der Waals surface area contributed by atoms with Gasteiger partial charge in [-0.15, -0.1) is 11.3 Å². The zero-order chi connectivity index (χ0) is 16.4. The summed E-state index contributed by atoms with van der Waals surface area (Å²) < 4.78 is 77.2. The van der Waals surface area contributed by atoms with Gasteiger partial charge in [0.15, 0.2) is 17.6 Å². The second kappa shape index (κ2) is 6.27. The van der Waals surface area contributed by atoms with Crippen molar-refractivity contribution in [2.45, 2.75) is 31.0 Å². The lowest BCUT2D eigenvalue weighted by molar-refractivity contribution is -0.184. The number of hydrogen-bond acceptors (Lipinski definition) is 5. The van der Waals surface area contributed by atoms with Crippen LogP contribution in [0.25, 0.3) is 0 Å². The van der Waals surface area contributed by atoms with E-state index in [1.807, 2.05) is 0 Å². The molecule has 22 heavy (non-hydrogen) atoms. The smallest absolute Gasteiger partial charge is 0.389 e. The topological polar surface area (TPSA) is 44.8 Å². The number of thiophene rings is 1. The van der Waals surface area contributed by atoms with Gasteiger partial charge in [-0.2, -0.15) is 22.0 Å². The van der Waals surface area contributed by atoms with Crippen molar-refractivity contribution in [2.24, 2.45) is 0 Å². The van der Waals surface area contributed by atoms with Crippen LogP contribution in [-0.4, -0.2) is 37.4 Å². The van der Waals surface area contributed by atoms with Crippen molar-refractivity contribution in [3.8, 4) is 11.5 Å². The molecule has 1 unspecified atom stereocenters. The lowest BCUT2D eigenvalue weighted by Crippen LogP contribution is -2.38. The SMILES string of the molecule is O=C(OCC1COc2cscc2O1)C(F)(F)CCC(F)(F)F. The molecule has 0 N–H and O–H groups in total. The van der Waals surface area contributed by atoms with Crippen LogP contribution in [0.4, 0.5) is 22.0 Å². The third-order valence-electron chi connectivity index (χ3n) is 2.73. The third kappa shape index (κ3) is 4.46. The molecule has 0 saturated carbocycles. The minimum Gasteiger partial charge on any atom is -0.485 e. The van der Waals surface area contributed by atoms with Crippen molar-refractivity contribution >= 4 is 17.3 Å². The van der Waals surface area contributed by atoms with Crippen molar-refractivity contribution in [1.82, 2.24) is 0 Å².